The van der Waals surface area contributed by atoms with Crippen molar-refractivity contribution in [1.29, 1.82) is 0 Å². The number of aromatic nitrogens is 1. The van der Waals surface area contributed by atoms with Crippen molar-refractivity contribution in [2.45, 2.75) is 0 Å². The number of anilines is 1. The van der Waals surface area contributed by atoms with Gasteiger partial charge in [-0.1, -0.05) is 0 Å². The third-order valence-corrected chi connectivity index (χ3v) is 5.02. The number of rotatable bonds is 5. The van der Waals surface area contributed by atoms with Gasteiger partial charge in [-0.25, -0.2) is 4.98 Å². The summed E-state index contributed by atoms with van der Waals surface area (Å²) in [5, 5.41) is 2.88. The minimum Gasteiger partial charge on any atom is -0.497 e. The molecule has 4 rings (SSSR count). The van der Waals surface area contributed by atoms with E-state index in [1.165, 1.54) is 0 Å². The van der Waals surface area contributed by atoms with E-state index in [-0.39, 0.29) is 5.91 Å². The number of fused-ring (bicyclic) bond motifs is 1. The summed E-state index contributed by atoms with van der Waals surface area (Å²) in [4.78, 5) is 17.0. The van der Waals surface area contributed by atoms with Crippen LogP contribution < -0.4 is 14.8 Å². The van der Waals surface area contributed by atoms with Crippen molar-refractivity contribution < 1.29 is 18.7 Å². The van der Waals surface area contributed by atoms with Gasteiger partial charge in [0.05, 0.1) is 18.7 Å². The molecule has 0 fully saturated rings. The van der Waals surface area contributed by atoms with Crippen molar-refractivity contribution in [3.8, 4) is 23.0 Å². The van der Waals surface area contributed by atoms with E-state index in [9.17, 15) is 4.79 Å². The fraction of sp³-hybridized carbons (Fsp3) is 0.0909. The average Bonchev–Trinajstić information content (AvgIpc) is 3.17. The lowest BCUT2D eigenvalue weighted by atomic mass is 10.1. The smallest absolute Gasteiger partial charge is 0.255 e. The highest BCUT2D eigenvalue weighted by molar-refractivity contribution is 9.10. The number of hydrogen-bond acceptors (Lipinski definition) is 5. The van der Waals surface area contributed by atoms with Gasteiger partial charge in [-0.2, -0.15) is 0 Å². The molecule has 0 spiro atoms. The molecule has 0 saturated carbocycles. The number of nitrogens with one attached hydrogen (secondary N) is 1. The third-order valence-electron chi connectivity index (χ3n) is 4.40. The van der Waals surface area contributed by atoms with Crippen molar-refractivity contribution in [3.63, 3.8) is 0 Å². The molecule has 0 aliphatic heterocycles. The number of carbonyl (C=O) groups is 1. The third kappa shape index (κ3) is 3.95. The normalized spacial score (nSPS) is 10.7. The Hall–Kier alpha value is -3.32. The van der Waals surface area contributed by atoms with Gasteiger partial charge < -0.3 is 19.2 Å². The first-order valence-electron chi connectivity index (χ1n) is 8.77. The number of nitrogens with zero attached hydrogens (tertiary/aromatic N) is 1. The van der Waals surface area contributed by atoms with E-state index in [1.54, 1.807) is 44.6 Å². The van der Waals surface area contributed by atoms with Gasteiger partial charge in [-0.15, -0.1) is 0 Å². The van der Waals surface area contributed by atoms with Crippen molar-refractivity contribution in [1.82, 2.24) is 4.98 Å². The summed E-state index contributed by atoms with van der Waals surface area (Å²) >= 11 is 3.39. The van der Waals surface area contributed by atoms with Crippen molar-refractivity contribution in [2.75, 3.05) is 19.5 Å². The molecule has 0 saturated heterocycles. The molecule has 0 aliphatic carbocycles. The predicted molar refractivity (Wildman–Crippen MR) is 115 cm³/mol. The van der Waals surface area contributed by atoms with E-state index >= 15 is 0 Å². The van der Waals surface area contributed by atoms with Crippen LogP contribution in [-0.2, 0) is 0 Å². The second kappa shape index (κ2) is 7.97. The molecule has 7 heteroatoms. The summed E-state index contributed by atoms with van der Waals surface area (Å²) < 4.78 is 16.9. The van der Waals surface area contributed by atoms with E-state index in [2.05, 4.69) is 26.2 Å². The topological polar surface area (TPSA) is 73.6 Å². The van der Waals surface area contributed by atoms with Gasteiger partial charge in [0.25, 0.3) is 5.91 Å². The van der Waals surface area contributed by atoms with Gasteiger partial charge in [0.15, 0.2) is 5.58 Å². The van der Waals surface area contributed by atoms with Crippen LogP contribution >= 0.6 is 15.9 Å². The molecule has 1 heterocycles. The highest BCUT2D eigenvalue weighted by atomic mass is 79.9. The summed E-state index contributed by atoms with van der Waals surface area (Å²) in [6, 6.07) is 18.0. The Labute approximate surface area is 175 Å². The van der Waals surface area contributed by atoms with Crippen LogP contribution in [0.5, 0.6) is 11.5 Å². The lowest BCUT2D eigenvalue weighted by Gasteiger charge is -2.08. The van der Waals surface area contributed by atoms with Crippen LogP contribution in [0.2, 0.25) is 0 Å². The van der Waals surface area contributed by atoms with Crippen LogP contribution in [0.4, 0.5) is 5.69 Å². The highest BCUT2D eigenvalue weighted by Gasteiger charge is 2.11. The molecule has 0 unspecified atom stereocenters. The number of ether oxygens (including phenoxy) is 2. The zero-order chi connectivity index (χ0) is 20.4. The Morgan fingerprint density at radius 3 is 2.48 bits per heavy atom. The number of methoxy groups -OCH3 is 2. The number of carbonyl (C=O) groups excluding carboxylic acids is 1. The maximum absolute atomic E-state index is 12.5. The first kappa shape index (κ1) is 19.0. The van der Waals surface area contributed by atoms with Gasteiger partial charge >= 0.3 is 0 Å². The first-order valence-corrected chi connectivity index (χ1v) is 9.56. The molecule has 0 radical (unpaired) electrons. The SMILES string of the molecule is COc1ccc2oc(-c3ccc(NC(=O)c4ccc(OC)c(Br)c4)cc3)nc2c1. The first-order chi connectivity index (χ1) is 14.1. The molecule has 3 aromatic carbocycles. The minimum atomic E-state index is -0.213. The maximum Gasteiger partial charge on any atom is 0.255 e. The molecular formula is C22H17BrN2O4. The van der Waals surface area contributed by atoms with Crippen molar-refractivity contribution in [3.05, 3.63) is 70.7 Å². The summed E-state index contributed by atoms with van der Waals surface area (Å²) in [5.74, 6) is 1.68. The van der Waals surface area contributed by atoms with Gasteiger partial charge in [0.2, 0.25) is 5.89 Å². The molecule has 1 amide bonds. The van der Waals surface area contributed by atoms with Gasteiger partial charge in [0, 0.05) is 22.9 Å². The zero-order valence-corrected chi connectivity index (χ0v) is 17.3. The molecule has 1 aromatic heterocycles. The number of benzene rings is 3. The molecule has 29 heavy (non-hydrogen) atoms. The van der Waals surface area contributed by atoms with Crippen LogP contribution in [0.15, 0.2) is 69.6 Å². The predicted octanol–water partition coefficient (Wildman–Crippen LogP) is 5.53. The van der Waals surface area contributed by atoms with Gasteiger partial charge in [-0.05, 0) is 70.5 Å². The summed E-state index contributed by atoms with van der Waals surface area (Å²) in [7, 11) is 3.19. The Morgan fingerprint density at radius 2 is 1.79 bits per heavy atom. The number of hydrogen-bond donors (Lipinski definition) is 1. The van der Waals surface area contributed by atoms with Gasteiger partial charge in [-0.3, -0.25) is 4.79 Å². The maximum atomic E-state index is 12.5. The lowest BCUT2D eigenvalue weighted by Crippen LogP contribution is -2.11. The minimum absolute atomic E-state index is 0.213. The molecule has 0 atom stereocenters. The summed E-state index contributed by atoms with van der Waals surface area (Å²) in [5.41, 5.74) is 3.41. The van der Waals surface area contributed by atoms with E-state index in [4.69, 9.17) is 13.9 Å². The van der Waals surface area contributed by atoms with Crippen LogP contribution in [0.25, 0.3) is 22.6 Å². The fourth-order valence-corrected chi connectivity index (χ4v) is 3.41. The Bertz CT molecular complexity index is 1190. The Kier molecular flexibility index (Phi) is 5.22. The molecule has 0 aliphatic rings. The molecule has 0 bridgehead atoms. The summed E-state index contributed by atoms with van der Waals surface area (Å²) in [6.45, 7) is 0. The summed E-state index contributed by atoms with van der Waals surface area (Å²) in [6.07, 6.45) is 0. The van der Waals surface area contributed by atoms with Crippen LogP contribution in [-0.4, -0.2) is 25.1 Å². The second-order valence-electron chi connectivity index (χ2n) is 6.23. The Morgan fingerprint density at radius 1 is 1.00 bits per heavy atom. The molecule has 6 nitrogen and oxygen atoms in total. The van der Waals surface area contributed by atoms with Crippen molar-refractivity contribution in [2.24, 2.45) is 0 Å². The van der Waals surface area contributed by atoms with E-state index in [0.29, 0.717) is 28.5 Å². The lowest BCUT2D eigenvalue weighted by molar-refractivity contribution is 0.102. The molecule has 1 N–H and O–H groups in total. The van der Waals surface area contributed by atoms with Crippen molar-refractivity contribution >= 4 is 38.6 Å². The molecule has 146 valence electrons. The number of halogens is 1. The second-order valence-corrected chi connectivity index (χ2v) is 7.09. The van der Waals surface area contributed by atoms with E-state index in [1.807, 2.05) is 30.3 Å². The van der Waals surface area contributed by atoms with Crippen LogP contribution in [0.1, 0.15) is 10.4 Å². The monoisotopic (exact) mass is 452 g/mol. The standard InChI is InChI=1S/C22H17BrN2O4/c1-27-16-8-10-20-18(12-16)25-22(29-20)13-3-6-15(7-4-13)24-21(26)14-5-9-19(28-2)17(23)11-14/h3-12H,1-2H3,(H,24,26). The average molecular weight is 453 g/mol. The highest BCUT2D eigenvalue weighted by Crippen LogP contribution is 2.28. The quantitative estimate of drug-likeness (QED) is 0.431. The number of oxazole rings is 1. The van der Waals surface area contributed by atoms with E-state index in [0.717, 1.165) is 21.3 Å². The fourth-order valence-electron chi connectivity index (χ4n) is 2.86. The van der Waals surface area contributed by atoms with Crippen LogP contribution in [0, 0.1) is 0 Å². The Balaban J connectivity index is 1.52. The van der Waals surface area contributed by atoms with E-state index < -0.39 is 0 Å². The number of amides is 1. The largest absolute Gasteiger partial charge is 0.497 e. The van der Waals surface area contributed by atoms with Crippen LogP contribution in [0.3, 0.4) is 0 Å². The molecular weight excluding hydrogens is 436 g/mol. The van der Waals surface area contributed by atoms with Gasteiger partial charge in [0.1, 0.15) is 17.0 Å². The zero-order valence-electron chi connectivity index (χ0n) is 15.7. The molecule has 4 aromatic rings.